The van der Waals surface area contributed by atoms with E-state index in [1.807, 2.05) is 5.32 Å². The lowest BCUT2D eigenvalue weighted by Gasteiger charge is -2.08. The van der Waals surface area contributed by atoms with Gasteiger partial charge in [-0.1, -0.05) is 0 Å². The summed E-state index contributed by atoms with van der Waals surface area (Å²) in [4.78, 5) is 21.6. The van der Waals surface area contributed by atoms with Crippen molar-refractivity contribution in [2.75, 3.05) is 26.2 Å². The van der Waals surface area contributed by atoms with Crippen molar-refractivity contribution in [1.82, 2.24) is 10.6 Å². The molecule has 0 spiro atoms. The third-order valence-electron chi connectivity index (χ3n) is 1.35. The summed E-state index contributed by atoms with van der Waals surface area (Å²) in [5.41, 5.74) is 0. The highest BCUT2D eigenvalue weighted by Crippen LogP contribution is 2.11. The number of ether oxygens (including phenoxy) is 1. The van der Waals surface area contributed by atoms with Crippen LogP contribution in [0.4, 0.5) is 13.2 Å². The average molecular weight is 242 g/mol. The van der Waals surface area contributed by atoms with E-state index in [0.717, 1.165) is 0 Å². The van der Waals surface area contributed by atoms with Crippen molar-refractivity contribution in [3.05, 3.63) is 0 Å². The van der Waals surface area contributed by atoms with Gasteiger partial charge in [0.15, 0.2) is 0 Å². The van der Waals surface area contributed by atoms with Gasteiger partial charge in [0.25, 0.3) is 0 Å². The predicted molar refractivity (Wildman–Crippen MR) is 48.6 cm³/mol. The molecule has 2 N–H and O–H groups in total. The van der Waals surface area contributed by atoms with E-state index in [1.165, 1.54) is 0 Å². The largest absolute Gasteiger partial charge is 0.465 e. The maximum atomic E-state index is 11.7. The van der Waals surface area contributed by atoms with Gasteiger partial charge in [0.1, 0.15) is 6.54 Å². The van der Waals surface area contributed by atoms with Gasteiger partial charge in [0, 0.05) is 0 Å². The van der Waals surface area contributed by atoms with E-state index in [9.17, 15) is 22.8 Å². The highest BCUT2D eigenvalue weighted by Gasteiger charge is 2.26. The van der Waals surface area contributed by atoms with E-state index in [4.69, 9.17) is 0 Å². The quantitative estimate of drug-likeness (QED) is 0.634. The van der Waals surface area contributed by atoms with Gasteiger partial charge >= 0.3 is 12.1 Å². The standard InChI is InChI=1S/C8H13F3N2O3/c1-2-16-7(15)4-13-6(14)3-12-5-8(9,10)11/h12H,2-5H2,1H3,(H,13,14). The fourth-order valence-corrected chi connectivity index (χ4v) is 0.763. The Balaban J connectivity index is 3.56. The minimum atomic E-state index is -4.36. The normalized spacial score (nSPS) is 11.0. The Labute approximate surface area is 90.3 Å². The zero-order valence-corrected chi connectivity index (χ0v) is 8.69. The van der Waals surface area contributed by atoms with E-state index >= 15 is 0 Å². The van der Waals surface area contributed by atoms with Gasteiger partial charge in [0.2, 0.25) is 5.91 Å². The lowest BCUT2D eigenvalue weighted by atomic mass is 10.5. The lowest BCUT2D eigenvalue weighted by molar-refractivity contribution is -0.143. The third kappa shape index (κ3) is 9.25. The molecular formula is C8H13F3N2O3. The van der Waals surface area contributed by atoms with Crippen LogP contribution in [0.15, 0.2) is 0 Å². The van der Waals surface area contributed by atoms with Crippen molar-refractivity contribution in [3.8, 4) is 0 Å². The first-order chi connectivity index (χ1) is 7.35. The summed E-state index contributed by atoms with van der Waals surface area (Å²) in [6.45, 7) is -0.315. The Hall–Kier alpha value is -1.31. The van der Waals surface area contributed by atoms with Crippen molar-refractivity contribution in [2.45, 2.75) is 13.1 Å². The molecule has 0 saturated carbocycles. The molecule has 0 aliphatic rings. The van der Waals surface area contributed by atoms with Crippen LogP contribution in [-0.4, -0.2) is 44.3 Å². The highest BCUT2D eigenvalue weighted by atomic mass is 19.4. The Morgan fingerprint density at radius 2 is 1.88 bits per heavy atom. The second-order valence-corrected chi connectivity index (χ2v) is 2.80. The molecule has 0 heterocycles. The Kier molecular flexibility index (Phi) is 6.47. The molecule has 94 valence electrons. The summed E-state index contributed by atoms with van der Waals surface area (Å²) in [5.74, 6) is -1.33. The summed E-state index contributed by atoms with van der Waals surface area (Å²) in [6, 6.07) is 0. The zero-order chi connectivity index (χ0) is 12.6. The molecule has 0 saturated heterocycles. The Bertz CT molecular complexity index is 243. The van der Waals surface area contributed by atoms with Gasteiger partial charge in [-0.05, 0) is 6.92 Å². The fourth-order valence-electron chi connectivity index (χ4n) is 0.763. The van der Waals surface area contributed by atoms with Crippen LogP contribution in [0.1, 0.15) is 6.92 Å². The zero-order valence-electron chi connectivity index (χ0n) is 8.69. The van der Waals surface area contributed by atoms with Crippen LogP contribution in [0.3, 0.4) is 0 Å². The number of carbonyl (C=O) groups is 2. The van der Waals surface area contributed by atoms with E-state index in [0.29, 0.717) is 0 Å². The van der Waals surface area contributed by atoms with Crippen molar-refractivity contribution in [1.29, 1.82) is 0 Å². The second kappa shape index (κ2) is 7.04. The van der Waals surface area contributed by atoms with Crippen LogP contribution in [0.25, 0.3) is 0 Å². The van der Waals surface area contributed by atoms with E-state index < -0.39 is 31.1 Å². The molecule has 0 aromatic rings. The predicted octanol–water partition coefficient (Wildman–Crippen LogP) is -0.182. The first-order valence-electron chi connectivity index (χ1n) is 4.55. The number of carbonyl (C=O) groups excluding carboxylic acids is 2. The molecule has 16 heavy (non-hydrogen) atoms. The summed E-state index contributed by atoms with van der Waals surface area (Å²) < 4.78 is 39.5. The van der Waals surface area contributed by atoms with Crippen LogP contribution in [0.2, 0.25) is 0 Å². The molecule has 8 heteroatoms. The number of hydrogen-bond acceptors (Lipinski definition) is 4. The molecule has 0 aliphatic heterocycles. The lowest BCUT2D eigenvalue weighted by Crippen LogP contribution is -2.40. The smallest absolute Gasteiger partial charge is 0.401 e. The molecule has 0 rings (SSSR count). The first-order valence-corrected chi connectivity index (χ1v) is 4.55. The number of nitrogens with one attached hydrogen (secondary N) is 2. The molecule has 0 fully saturated rings. The van der Waals surface area contributed by atoms with Crippen LogP contribution < -0.4 is 10.6 Å². The van der Waals surface area contributed by atoms with Gasteiger partial charge < -0.3 is 15.4 Å². The molecule has 1 amide bonds. The van der Waals surface area contributed by atoms with Crippen LogP contribution >= 0.6 is 0 Å². The van der Waals surface area contributed by atoms with Gasteiger partial charge in [-0.15, -0.1) is 0 Å². The molecule has 5 nitrogen and oxygen atoms in total. The van der Waals surface area contributed by atoms with Gasteiger partial charge in [-0.25, -0.2) is 0 Å². The van der Waals surface area contributed by atoms with Crippen molar-refractivity contribution in [3.63, 3.8) is 0 Å². The van der Waals surface area contributed by atoms with Crippen LogP contribution in [0.5, 0.6) is 0 Å². The Morgan fingerprint density at radius 3 is 2.38 bits per heavy atom. The second-order valence-electron chi connectivity index (χ2n) is 2.80. The minimum Gasteiger partial charge on any atom is -0.465 e. The molecule has 0 aromatic heterocycles. The monoisotopic (exact) mass is 242 g/mol. The molecule has 0 aliphatic carbocycles. The summed E-state index contributed by atoms with van der Waals surface area (Å²) >= 11 is 0. The number of halogens is 3. The summed E-state index contributed by atoms with van der Waals surface area (Å²) in [7, 11) is 0. The van der Waals surface area contributed by atoms with Gasteiger partial charge in [-0.3, -0.25) is 9.59 Å². The number of amides is 1. The maximum Gasteiger partial charge on any atom is 0.401 e. The number of rotatable bonds is 6. The third-order valence-corrected chi connectivity index (χ3v) is 1.35. The maximum absolute atomic E-state index is 11.7. The van der Waals surface area contributed by atoms with Crippen molar-refractivity contribution in [2.24, 2.45) is 0 Å². The van der Waals surface area contributed by atoms with Gasteiger partial charge in [-0.2, -0.15) is 13.2 Å². The topological polar surface area (TPSA) is 67.4 Å². The SMILES string of the molecule is CCOC(=O)CNC(=O)CNCC(F)(F)F. The first kappa shape index (κ1) is 14.7. The molecule has 0 unspecified atom stereocenters. The van der Waals surface area contributed by atoms with Crippen LogP contribution in [0, 0.1) is 0 Å². The minimum absolute atomic E-state index is 0.182. The number of esters is 1. The van der Waals surface area contributed by atoms with Crippen molar-refractivity contribution >= 4 is 11.9 Å². The summed E-state index contributed by atoms with van der Waals surface area (Å²) in [6.07, 6.45) is -4.36. The Morgan fingerprint density at radius 1 is 1.25 bits per heavy atom. The fraction of sp³-hybridized carbons (Fsp3) is 0.750. The molecule has 0 aromatic carbocycles. The average Bonchev–Trinajstić information content (AvgIpc) is 2.13. The highest BCUT2D eigenvalue weighted by molar-refractivity contribution is 5.83. The van der Waals surface area contributed by atoms with Crippen LogP contribution in [-0.2, 0) is 14.3 Å². The van der Waals surface area contributed by atoms with E-state index in [-0.39, 0.29) is 13.2 Å². The van der Waals surface area contributed by atoms with Crippen molar-refractivity contribution < 1.29 is 27.5 Å². The molecule has 0 atom stereocenters. The number of hydrogen-bond donors (Lipinski definition) is 2. The summed E-state index contributed by atoms with van der Waals surface area (Å²) in [5, 5.41) is 4.00. The van der Waals surface area contributed by atoms with E-state index in [2.05, 4.69) is 10.1 Å². The molecule has 0 bridgehead atoms. The number of alkyl halides is 3. The molecule has 0 radical (unpaired) electrons. The van der Waals surface area contributed by atoms with E-state index in [1.54, 1.807) is 6.92 Å². The van der Waals surface area contributed by atoms with Gasteiger partial charge in [0.05, 0.1) is 19.7 Å². The molecular weight excluding hydrogens is 229 g/mol.